The Labute approximate surface area is 131 Å². The molecule has 1 N–H and O–H groups in total. The number of nitrogens with zero attached hydrogens (tertiary/aromatic N) is 2. The zero-order chi connectivity index (χ0) is 15.9. The zero-order valence-corrected chi connectivity index (χ0v) is 13.0. The number of anilines is 1. The highest BCUT2D eigenvalue weighted by Gasteiger charge is 2.31. The predicted octanol–water partition coefficient (Wildman–Crippen LogP) is 1.42. The van der Waals surface area contributed by atoms with Gasteiger partial charge in [0.2, 0.25) is 11.8 Å². The van der Waals surface area contributed by atoms with E-state index in [-0.39, 0.29) is 17.9 Å². The molecule has 0 saturated carbocycles. The molecule has 118 valence electrons. The number of carbonyl (C=O) groups excluding carboxylic acids is 2. The second kappa shape index (κ2) is 7.75. The monoisotopic (exact) mass is 301 g/mol. The van der Waals surface area contributed by atoms with Gasteiger partial charge in [0.05, 0.1) is 6.04 Å². The average molecular weight is 301 g/mol. The number of nitrogens with one attached hydrogen (secondary N) is 1. The smallest absolute Gasteiger partial charge is 0.244 e. The quantitative estimate of drug-likeness (QED) is 0.809. The fourth-order valence-electron chi connectivity index (χ4n) is 2.60. The summed E-state index contributed by atoms with van der Waals surface area (Å²) in [6, 6.07) is 9.50. The molecule has 1 saturated heterocycles. The standard InChI is InChI=1S/C17H23N3O2/c1-3-10-18-16(21)9-11-19-12-13-20(17(22)14(19)2)15-7-5-4-6-8-15/h3-8,14H,1,9-13H2,2H3,(H,18,21)/t14-/m1/s1. The fraction of sp³-hybridized carbons (Fsp3) is 0.412. The Hall–Kier alpha value is -2.14. The van der Waals surface area contributed by atoms with Crippen molar-refractivity contribution >= 4 is 17.5 Å². The van der Waals surface area contributed by atoms with E-state index in [2.05, 4.69) is 16.8 Å². The summed E-state index contributed by atoms with van der Waals surface area (Å²) < 4.78 is 0. The Bertz CT molecular complexity index is 530. The summed E-state index contributed by atoms with van der Waals surface area (Å²) in [7, 11) is 0. The van der Waals surface area contributed by atoms with E-state index in [0.29, 0.717) is 26.1 Å². The van der Waals surface area contributed by atoms with Crippen molar-refractivity contribution in [3.05, 3.63) is 43.0 Å². The lowest BCUT2D eigenvalue weighted by atomic mass is 10.1. The van der Waals surface area contributed by atoms with Gasteiger partial charge in [-0.3, -0.25) is 14.5 Å². The van der Waals surface area contributed by atoms with Gasteiger partial charge in [0.15, 0.2) is 0 Å². The molecule has 1 aliphatic heterocycles. The van der Waals surface area contributed by atoms with Crippen molar-refractivity contribution in [2.24, 2.45) is 0 Å². The normalized spacial score (nSPS) is 19.0. The molecule has 1 fully saturated rings. The molecule has 1 aliphatic rings. The molecule has 1 aromatic carbocycles. The summed E-state index contributed by atoms with van der Waals surface area (Å²) >= 11 is 0. The Morgan fingerprint density at radius 1 is 1.36 bits per heavy atom. The van der Waals surface area contributed by atoms with Gasteiger partial charge in [-0.25, -0.2) is 0 Å². The fourth-order valence-corrected chi connectivity index (χ4v) is 2.60. The number of para-hydroxylation sites is 1. The summed E-state index contributed by atoms with van der Waals surface area (Å²) in [6.45, 7) is 7.97. The summed E-state index contributed by atoms with van der Waals surface area (Å²) in [5.74, 6) is 0.0778. The van der Waals surface area contributed by atoms with Crippen molar-refractivity contribution in [3.8, 4) is 0 Å². The van der Waals surface area contributed by atoms with Gasteiger partial charge in [0.25, 0.3) is 0 Å². The van der Waals surface area contributed by atoms with Crippen LogP contribution in [0.4, 0.5) is 5.69 Å². The largest absolute Gasteiger partial charge is 0.353 e. The molecular formula is C17H23N3O2. The number of hydrogen-bond donors (Lipinski definition) is 1. The molecule has 0 aromatic heterocycles. The molecule has 0 aliphatic carbocycles. The third kappa shape index (κ3) is 3.95. The molecular weight excluding hydrogens is 278 g/mol. The van der Waals surface area contributed by atoms with Gasteiger partial charge >= 0.3 is 0 Å². The van der Waals surface area contributed by atoms with Crippen LogP contribution in [0.3, 0.4) is 0 Å². The molecule has 22 heavy (non-hydrogen) atoms. The number of benzene rings is 1. The number of hydrogen-bond acceptors (Lipinski definition) is 3. The average Bonchev–Trinajstić information content (AvgIpc) is 2.55. The maximum absolute atomic E-state index is 12.5. The predicted molar refractivity (Wildman–Crippen MR) is 87.7 cm³/mol. The number of rotatable bonds is 6. The second-order valence-electron chi connectivity index (χ2n) is 5.38. The van der Waals surface area contributed by atoms with Crippen LogP contribution in [-0.2, 0) is 9.59 Å². The molecule has 0 radical (unpaired) electrons. The van der Waals surface area contributed by atoms with E-state index in [1.54, 1.807) is 6.08 Å². The van der Waals surface area contributed by atoms with E-state index < -0.39 is 0 Å². The molecule has 0 unspecified atom stereocenters. The van der Waals surface area contributed by atoms with Gasteiger partial charge in [0.1, 0.15) is 0 Å². The molecule has 2 amide bonds. The maximum atomic E-state index is 12.5. The van der Waals surface area contributed by atoms with E-state index in [9.17, 15) is 9.59 Å². The topological polar surface area (TPSA) is 52.7 Å². The highest BCUT2D eigenvalue weighted by molar-refractivity contribution is 5.97. The van der Waals surface area contributed by atoms with Crippen LogP contribution in [0.15, 0.2) is 43.0 Å². The van der Waals surface area contributed by atoms with E-state index in [1.807, 2.05) is 42.2 Å². The summed E-state index contributed by atoms with van der Waals surface area (Å²) in [6.07, 6.45) is 2.06. The van der Waals surface area contributed by atoms with Gasteiger partial charge in [-0.15, -0.1) is 6.58 Å². The Morgan fingerprint density at radius 3 is 2.77 bits per heavy atom. The number of amides is 2. The van der Waals surface area contributed by atoms with Crippen LogP contribution in [0.2, 0.25) is 0 Å². The third-order valence-corrected chi connectivity index (χ3v) is 3.92. The molecule has 2 rings (SSSR count). The van der Waals surface area contributed by atoms with Crippen molar-refractivity contribution in [3.63, 3.8) is 0 Å². The van der Waals surface area contributed by atoms with Crippen LogP contribution in [0, 0.1) is 0 Å². The minimum absolute atomic E-state index is 0.00922. The molecule has 0 spiro atoms. The highest BCUT2D eigenvalue weighted by Crippen LogP contribution is 2.19. The van der Waals surface area contributed by atoms with Crippen molar-refractivity contribution in [2.45, 2.75) is 19.4 Å². The lowest BCUT2D eigenvalue weighted by Gasteiger charge is -2.39. The molecule has 1 atom stereocenters. The van der Waals surface area contributed by atoms with Gasteiger partial charge in [-0.2, -0.15) is 0 Å². The van der Waals surface area contributed by atoms with Gasteiger partial charge in [0, 0.05) is 38.3 Å². The minimum atomic E-state index is -0.207. The number of carbonyl (C=O) groups is 2. The van der Waals surface area contributed by atoms with Gasteiger partial charge < -0.3 is 10.2 Å². The maximum Gasteiger partial charge on any atom is 0.244 e. The first-order chi connectivity index (χ1) is 10.6. The highest BCUT2D eigenvalue weighted by atomic mass is 16.2. The molecule has 1 heterocycles. The first-order valence-electron chi connectivity index (χ1n) is 7.61. The molecule has 5 nitrogen and oxygen atoms in total. The van der Waals surface area contributed by atoms with E-state index in [1.165, 1.54) is 0 Å². The zero-order valence-electron chi connectivity index (χ0n) is 13.0. The van der Waals surface area contributed by atoms with Crippen LogP contribution in [0.5, 0.6) is 0 Å². The lowest BCUT2D eigenvalue weighted by Crippen LogP contribution is -2.56. The molecule has 5 heteroatoms. The Kier molecular flexibility index (Phi) is 5.72. The van der Waals surface area contributed by atoms with Crippen molar-refractivity contribution < 1.29 is 9.59 Å². The first kappa shape index (κ1) is 16.2. The molecule has 0 bridgehead atoms. The summed E-state index contributed by atoms with van der Waals surface area (Å²) in [5.41, 5.74) is 0.933. The second-order valence-corrected chi connectivity index (χ2v) is 5.38. The van der Waals surface area contributed by atoms with E-state index >= 15 is 0 Å². The van der Waals surface area contributed by atoms with E-state index in [4.69, 9.17) is 0 Å². The minimum Gasteiger partial charge on any atom is -0.353 e. The van der Waals surface area contributed by atoms with Crippen LogP contribution < -0.4 is 10.2 Å². The SMILES string of the molecule is C=CCNC(=O)CCN1CCN(c2ccccc2)C(=O)[C@H]1C. The summed E-state index contributed by atoms with van der Waals surface area (Å²) in [5, 5.41) is 2.75. The van der Waals surface area contributed by atoms with Gasteiger partial charge in [-0.05, 0) is 19.1 Å². The molecule has 1 aromatic rings. The van der Waals surface area contributed by atoms with Crippen LogP contribution in [0.25, 0.3) is 0 Å². The lowest BCUT2D eigenvalue weighted by molar-refractivity contribution is -0.127. The van der Waals surface area contributed by atoms with Crippen molar-refractivity contribution in [1.29, 1.82) is 0 Å². The van der Waals surface area contributed by atoms with Crippen molar-refractivity contribution in [2.75, 3.05) is 31.1 Å². The van der Waals surface area contributed by atoms with Crippen molar-refractivity contribution in [1.82, 2.24) is 10.2 Å². The number of piperazine rings is 1. The van der Waals surface area contributed by atoms with Crippen LogP contribution >= 0.6 is 0 Å². The van der Waals surface area contributed by atoms with Crippen LogP contribution in [0.1, 0.15) is 13.3 Å². The Morgan fingerprint density at radius 2 is 2.09 bits per heavy atom. The van der Waals surface area contributed by atoms with Crippen LogP contribution in [-0.4, -0.2) is 48.9 Å². The van der Waals surface area contributed by atoms with Gasteiger partial charge in [-0.1, -0.05) is 24.3 Å². The summed E-state index contributed by atoms with van der Waals surface area (Å²) in [4.78, 5) is 28.0. The third-order valence-electron chi connectivity index (χ3n) is 3.92. The first-order valence-corrected chi connectivity index (χ1v) is 7.61. The van der Waals surface area contributed by atoms with E-state index in [0.717, 1.165) is 12.2 Å². The Balaban J connectivity index is 1.89.